The molecule has 10 heteroatoms. The normalized spacial score (nSPS) is 16.1. The van der Waals surface area contributed by atoms with E-state index in [1.54, 1.807) is 13.1 Å². The van der Waals surface area contributed by atoms with Crippen molar-refractivity contribution in [3.05, 3.63) is 18.2 Å². The third-order valence-corrected chi connectivity index (χ3v) is 6.21. The van der Waals surface area contributed by atoms with Crippen LogP contribution in [0.15, 0.2) is 22.5 Å². The number of amides is 3. The second-order valence-electron chi connectivity index (χ2n) is 6.57. The van der Waals surface area contributed by atoms with Crippen molar-refractivity contribution in [3.8, 4) is 0 Å². The van der Waals surface area contributed by atoms with E-state index in [1.807, 2.05) is 12.1 Å². The molecule has 1 aliphatic heterocycles. The lowest BCUT2D eigenvalue weighted by Gasteiger charge is -2.16. The molecule has 0 saturated carbocycles. The molecule has 0 bridgehead atoms. The number of benzene rings is 1. The predicted octanol–water partition coefficient (Wildman–Crippen LogP) is 2.35. The monoisotopic (exact) mass is 422 g/mol. The lowest BCUT2D eigenvalue weighted by Crippen LogP contribution is -2.36. The predicted molar refractivity (Wildman–Crippen MR) is 110 cm³/mol. The van der Waals surface area contributed by atoms with E-state index < -0.39 is 0 Å². The Morgan fingerprint density at radius 1 is 1.39 bits per heavy atom. The van der Waals surface area contributed by atoms with Gasteiger partial charge >= 0.3 is 6.03 Å². The van der Waals surface area contributed by atoms with Crippen molar-refractivity contribution in [3.63, 3.8) is 0 Å². The number of hydrogen-bond acceptors (Lipinski definition) is 7. The second kappa shape index (κ2) is 9.35. The number of likely N-dealkylation sites (N-methyl/N-ethyl adjacent to an activating group) is 1. The Labute approximate surface area is 171 Å². The fourth-order valence-corrected chi connectivity index (χ4v) is 4.63. The quantitative estimate of drug-likeness (QED) is 0.665. The number of nitrogens with one attached hydrogen (secondary N) is 2. The number of carbonyl (C=O) groups excluding carboxylic acids is 3. The molecular weight excluding hydrogens is 400 g/mol. The zero-order chi connectivity index (χ0) is 20.1. The van der Waals surface area contributed by atoms with E-state index in [1.165, 1.54) is 34.9 Å². The van der Waals surface area contributed by atoms with Gasteiger partial charge in [-0.3, -0.25) is 9.59 Å². The number of nitrogens with zero attached hydrogens (tertiary/aromatic N) is 2. The van der Waals surface area contributed by atoms with Crippen LogP contribution in [0.5, 0.6) is 0 Å². The summed E-state index contributed by atoms with van der Waals surface area (Å²) in [5.41, 5.74) is 1.44. The minimum atomic E-state index is -0.346. The average molecular weight is 423 g/mol. The molecule has 1 aromatic carbocycles. The number of hydrogen-bond donors (Lipinski definition) is 2. The van der Waals surface area contributed by atoms with Crippen molar-refractivity contribution in [2.75, 3.05) is 37.9 Å². The SMILES string of the molecule is CC(=O)CN(C)C(=O)Nc1ccc2nc(SCC(=O)NC3CCOC3)sc2c1. The van der Waals surface area contributed by atoms with Gasteiger partial charge in [-0.25, -0.2) is 9.78 Å². The van der Waals surface area contributed by atoms with Crippen LogP contribution in [0.1, 0.15) is 13.3 Å². The number of carbonyl (C=O) groups is 3. The van der Waals surface area contributed by atoms with E-state index in [0.29, 0.717) is 24.7 Å². The maximum Gasteiger partial charge on any atom is 0.321 e. The minimum absolute atomic E-state index is 0.0267. The number of anilines is 1. The van der Waals surface area contributed by atoms with Gasteiger partial charge < -0.3 is 20.3 Å². The van der Waals surface area contributed by atoms with E-state index in [2.05, 4.69) is 15.6 Å². The van der Waals surface area contributed by atoms with Crippen molar-refractivity contribution in [2.24, 2.45) is 0 Å². The van der Waals surface area contributed by atoms with E-state index in [0.717, 1.165) is 21.0 Å². The zero-order valence-electron chi connectivity index (χ0n) is 15.7. The highest BCUT2D eigenvalue weighted by atomic mass is 32.2. The first-order valence-corrected chi connectivity index (χ1v) is 10.6. The van der Waals surface area contributed by atoms with Gasteiger partial charge in [0, 0.05) is 19.3 Å². The second-order valence-corrected chi connectivity index (χ2v) is 8.82. The topological polar surface area (TPSA) is 101 Å². The molecule has 1 aromatic heterocycles. The third kappa shape index (κ3) is 5.66. The third-order valence-electron chi connectivity index (χ3n) is 4.05. The highest BCUT2D eigenvalue weighted by Crippen LogP contribution is 2.31. The van der Waals surface area contributed by atoms with Crippen LogP contribution in [0.4, 0.5) is 10.5 Å². The maximum absolute atomic E-state index is 12.1. The summed E-state index contributed by atoms with van der Waals surface area (Å²) >= 11 is 2.86. The van der Waals surface area contributed by atoms with Gasteiger partial charge in [-0.1, -0.05) is 11.8 Å². The molecule has 3 amide bonds. The standard InChI is InChI=1S/C18H22N4O4S2/c1-11(23)8-22(2)17(25)20-12-3-4-14-15(7-12)28-18(21-14)27-10-16(24)19-13-5-6-26-9-13/h3-4,7,13H,5-6,8-10H2,1-2H3,(H,19,24)(H,20,25). The molecule has 0 radical (unpaired) electrons. The summed E-state index contributed by atoms with van der Waals surface area (Å²) in [6.07, 6.45) is 0.855. The fraction of sp³-hybridized carbons (Fsp3) is 0.444. The largest absolute Gasteiger partial charge is 0.379 e. The number of Topliss-reactive ketones (excluding diaryl/α,β-unsaturated/α-hetero) is 1. The first-order valence-electron chi connectivity index (χ1n) is 8.83. The number of thioether (sulfide) groups is 1. The van der Waals surface area contributed by atoms with Gasteiger partial charge in [0.2, 0.25) is 5.91 Å². The molecule has 2 N–H and O–H groups in total. The number of fused-ring (bicyclic) bond motifs is 1. The highest BCUT2D eigenvalue weighted by molar-refractivity contribution is 8.01. The summed E-state index contributed by atoms with van der Waals surface area (Å²) in [6, 6.07) is 5.19. The van der Waals surface area contributed by atoms with E-state index in [-0.39, 0.29) is 30.3 Å². The molecule has 2 aromatic rings. The van der Waals surface area contributed by atoms with E-state index in [4.69, 9.17) is 4.74 Å². The van der Waals surface area contributed by atoms with Crippen LogP contribution >= 0.6 is 23.1 Å². The van der Waals surface area contributed by atoms with Crippen molar-refractivity contribution in [1.82, 2.24) is 15.2 Å². The molecule has 28 heavy (non-hydrogen) atoms. The van der Waals surface area contributed by atoms with E-state index in [9.17, 15) is 14.4 Å². The van der Waals surface area contributed by atoms with Gasteiger partial charge in [0.15, 0.2) is 4.34 Å². The molecule has 1 atom stereocenters. The molecule has 8 nitrogen and oxygen atoms in total. The van der Waals surface area contributed by atoms with Gasteiger partial charge in [-0.15, -0.1) is 11.3 Å². The van der Waals surface area contributed by atoms with Crippen LogP contribution in [-0.2, 0) is 14.3 Å². The Bertz CT molecular complexity index is 880. The minimum Gasteiger partial charge on any atom is -0.379 e. The first kappa shape index (κ1) is 20.6. The Hall–Kier alpha value is -2.17. The zero-order valence-corrected chi connectivity index (χ0v) is 17.3. The van der Waals surface area contributed by atoms with Gasteiger partial charge in [-0.05, 0) is 31.5 Å². The molecule has 0 spiro atoms. The lowest BCUT2D eigenvalue weighted by atomic mass is 10.3. The summed E-state index contributed by atoms with van der Waals surface area (Å²) < 4.78 is 6.96. The summed E-state index contributed by atoms with van der Waals surface area (Å²) in [6.45, 7) is 2.77. The van der Waals surface area contributed by atoms with Crippen LogP contribution in [0, 0.1) is 0 Å². The molecule has 1 saturated heterocycles. The fourth-order valence-electron chi connectivity index (χ4n) is 2.71. The van der Waals surface area contributed by atoms with Crippen LogP contribution in [0.3, 0.4) is 0 Å². The molecule has 2 heterocycles. The molecule has 3 rings (SSSR count). The van der Waals surface area contributed by atoms with Crippen LogP contribution in [-0.4, -0.2) is 66.2 Å². The Balaban J connectivity index is 1.57. The number of thiazole rings is 1. The van der Waals surface area contributed by atoms with Crippen molar-refractivity contribution in [1.29, 1.82) is 0 Å². The summed E-state index contributed by atoms with van der Waals surface area (Å²) in [5, 5.41) is 5.72. The molecule has 0 aliphatic carbocycles. The van der Waals surface area contributed by atoms with Gasteiger partial charge in [0.05, 0.1) is 35.2 Å². The Morgan fingerprint density at radius 3 is 2.93 bits per heavy atom. The van der Waals surface area contributed by atoms with Crippen molar-refractivity contribution < 1.29 is 19.1 Å². The van der Waals surface area contributed by atoms with Gasteiger partial charge in [0.1, 0.15) is 5.78 Å². The number of aromatic nitrogens is 1. The Morgan fingerprint density at radius 2 is 2.21 bits per heavy atom. The maximum atomic E-state index is 12.1. The van der Waals surface area contributed by atoms with E-state index >= 15 is 0 Å². The molecule has 1 aliphatic rings. The van der Waals surface area contributed by atoms with Crippen LogP contribution in [0.25, 0.3) is 10.2 Å². The number of urea groups is 1. The highest BCUT2D eigenvalue weighted by Gasteiger charge is 2.18. The summed E-state index contributed by atoms with van der Waals surface area (Å²) in [7, 11) is 1.57. The molecule has 150 valence electrons. The van der Waals surface area contributed by atoms with Gasteiger partial charge in [0.25, 0.3) is 0 Å². The molecule has 1 unspecified atom stereocenters. The number of ether oxygens (including phenoxy) is 1. The molecule has 1 fully saturated rings. The van der Waals surface area contributed by atoms with Crippen LogP contribution in [0.2, 0.25) is 0 Å². The molecular formula is C18H22N4O4S2. The summed E-state index contributed by atoms with van der Waals surface area (Å²) in [5.74, 6) is 0.193. The van der Waals surface area contributed by atoms with Crippen molar-refractivity contribution >= 4 is 56.7 Å². The van der Waals surface area contributed by atoms with Gasteiger partial charge in [-0.2, -0.15) is 0 Å². The average Bonchev–Trinajstić information content (AvgIpc) is 3.28. The van der Waals surface area contributed by atoms with Crippen molar-refractivity contribution in [2.45, 2.75) is 23.7 Å². The first-order chi connectivity index (χ1) is 13.4. The lowest BCUT2D eigenvalue weighted by molar-refractivity contribution is -0.119. The summed E-state index contributed by atoms with van der Waals surface area (Å²) in [4.78, 5) is 41.1. The number of rotatable bonds is 7. The van der Waals surface area contributed by atoms with Crippen LogP contribution < -0.4 is 10.6 Å². The Kier molecular flexibility index (Phi) is 6.87. The number of ketones is 1. The smallest absolute Gasteiger partial charge is 0.321 e.